The third-order valence-electron chi connectivity index (χ3n) is 2.48. The average Bonchev–Trinajstić information content (AvgIpc) is 2.39. The number of halogens is 1. The fourth-order valence-corrected chi connectivity index (χ4v) is 1.93. The van der Waals surface area contributed by atoms with E-state index in [0.717, 1.165) is 17.1 Å². The molecule has 0 atom stereocenters. The smallest absolute Gasteiger partial charge is 0.162 e. The van der Waals surface area contributed by atoms with E-state index >= 15 is 0 Å². The molecule has 17 heavy (non-hydrogen) atoms. The monoisotopic (exact) mass is 248 g/mol. The van der Waals surface area contributed by atoms with Gasteiger partial charge in [0.05, 0.1) is 10.7 Å². The summed E-state index contributed by atoms with van der Waals surface area (Å²) in [5.74, 6) is 1.48. The predicted octanol–water partition coefficient (Wildman–Crippen LogP) is 2.57. The maximum atomic E-state index is 6.04. The molecule has 0 bridgehead atoms. The van der Waals surface area contributed by atoms with Crippen molar-refractivity contribution in [3.8, 4) is 22.8 Å². The van der Waals surface area contributed by atoms with Crippen molar-refractivity contribution in [3.63, 3.8) is 0 Å². The Balaban J connectivity index is 2.07. The fraction of sp³-hybridized carbons (Fsp3) is 0.167. The molecule has 86 valence electrons. The zero-order valence-electron chi connectivity index (χ0n) is 8.89. The van der Waals surface area contributed by atoms with E-state index in [1.54, 1.807) is 6.20 Å². The molecule has 4 nitrogen and oxygen atoms in total. The van der Waals surface area contributed by atoms with Crippen LogP contribution in [0.15, 0.2) is 30.7 Å². The molecule has 1 aromatic carbocycles. The van der Waals surface area contributed by atoms with E-state index in [9.17, 15) is 0 Å². The number of aromatic nitrogens is 2. The highest BCUT2D eigenvalue weighted by molar-refractivity contribution is 6.32. The van der Waals surface area contributed by atoms with Gasteiger partial charge < -0.3 is 9.47 Å². The molecule has 0 spiro atoms. The maximum Gasteiger partial charge on any atom is 0.162 e. The first-order chi connectivity index (χ1) is 8.34. The van der Waals surface area contributed by atoms with E-state index in [1.165, 1.54) is 6.33 Å². The van der Waals surface area contributed by atoms with Crippen LogP contribution in [-0.2, 0) is 0 Å². The number of ether oxygens (including phenoxy) is 2. The van der Waals surface area contributed by atoms with Gasteiger partial charge in [-0.3, -0.25) is 0 Å². The highest BCUT2D eigenvalue weighted by Gasteiger charge is 2.14. The lowest BCUT2D eigenvalue weighted by Crippen LogP contribution is -2.15. The molecule has 0 amide bonds. The molecule has 0 N–H and O–H groups in total. The van der Waals surface area contributed by atoms with E-state index < -0.39 is 0 Å². The first kappa shape index (κ1) is 10.4. The van der Waals surface area contributed by atoms with Crippen LogP contribution in [0.1, 0.15) is 0 Å². The molecular formula is C12H9ClN2O2. The minimum atomic E-state index is 0.518. The molecule has 1 aromatic heterocycles. The summed E-state index contributed by atoms with van der Waals surface area (Å²) in [6.07, 6.45) is 3.04. The lowest BCUT2D eigenvalue weighted by molar-refractivity contribution is 0.171. The molecule has 1 aliphatic heterocycles. The van der Waals surface area contributed by atoms with Crippen LogP contribution in [-0.4, -0.2) is 23.2 Å². The largest absolute Gasteiger partial charge is 0.486 e. The number of benzene rings is 1. The van der Waals surface area contributed by atoms with Crippen LogP contribution in [0.4, 0.5) is 0 Å². The molecule has 3 rings (SSSR count). The van der Waals surface area contributed by atoms with Crippen molar-refractivity contribution in [3.05, 3.63) is 35.7 Å². The quantitative estimate of drug-likeness (QED) is 0.778. The third kappa shape index (κ3) is 1.91. The number of rotatable bonds is 1. The van der Waals surface area contributed by atoms with Crippen LogP contribution in [0.2, 0.25) is 5.02 Å². The van der Waals surface area contributed by atoms with Crippen molar-refractivity contribution in [2.24, 2.45) is 0 Å². The summed E-state index contributed by atoms with van der Waals surface area (Å²) in [7, 11) is 0. The normalized spacial score (nSPS) is 13.5. The number of hydrogen-bond donors (Lipinski definition) is 0. The Labute approximate surface area is 103 Å². The Morgan fingerprint density at radius 1 is 1.12 bits per heavy atom. The Morgan fingerprint density at radius 2 is 1.94 bits per heavy atom. The van der Waals surface area contributed by atoms with Crippen molar-refractivity contribution in [1.82, 2.24) is 9.97 Å². The lowest BCUT2D eigenvalue weighted by atomic mass is 10.1. The van der Waals surface area contributed by atoms with Crippen LogP contribution >= 0.6 is 11.6 Å². The first-order valence-corrected chi connectivity index (χ1v) is 5.58. The summed E-state index contributed by atoms with van der Waals surface area (Å²) in [5, 5.41) is 0.518. The van der Waals surface area contributed by atoms with Crippen molar-refractivity contribution < 1.29 is 9.47 Å². The Kier molecular flexibility index (Phi) is 2.57. The summed E-state index contributed by atoms with van der Waals surface area (Å²) in [4.78, 5) is 8.02. The zero-order valence-corrected chi connectivity index (χ0v) is 9.65. The summed E-state index contributed by atoms with van der Waals surface area (Å²) in [5.41, 5.74) is 1.58. The van der Waals surface area contributed by atoms with E-state index in [0.29, 0.717) is 23.9 Å². The minimum Gasteiger partial charge on any atom is -0.486 e. The lowest BCUT2D eigenvalue weighted by Gasteiger charge is -2.18. The van der Waals surface area contributed by atoms with Gasteiger partial charge in [-0.1, -0.05) is 11.6 Å². The van der Waals surface area contributed by atoms with E-state index in [-0.39, 0.29) is 0 Å². The summed E-state index contributed by atoms with van der Waals surface area (Å²) < 4.78 is 11.0. The average molecular weight is 249 g/mol. The second kappa shape index (κ2) is 4.22. The van der Waals surface area contributed by atoms with Crippen LogP contribution in [0, 0.1) is 0 Å². The summed E-state index contributed by atoms with van der Waals surface area (Å²) in [6.45, 7) is 1.15. The van der Waals surface area contributed by atoms with Gasteiger partial charge in [-0.15, -0.1) is 0 Å². The summed E-state index contributed by atoms with van der Waals surface area (Å²) >= 11 is 6.04. The highest BCUT2D eigenvalue weighted by Crippen LogP contribution is 2.35. The van der Waals surface area contributed by atoms with Gasteiger partial charge in [0.1, 0.15) is 19.5 Å². The number of nitrogens with zero attached hydrogens (tertiary/aromatic N) is 2. The Morgan fingerprint density at radius 3 is 2.76 bits per heavy atom. The molecule has 0 fully saturated rings. The van der Waals surface area contributed by atoms with Crippen LogP contribution in [0.25, 0.3) is 11.3 Å². The first-order valence-electron chi connectivity index (χ1n) is 5.20. The molecular weight excluding hydrogens is 240 g/mol. The molecule has 0 aliphatic carbocycles. The molecule has 0 saturated carbocycles. The Bertz CT molecular complexity index is 560. The van der Waals surface area contributed by atoms with Crippen LogP contribution in [0.3, 0.4) is 0 Å². The fourth-order valence-electron chi connectivity index (χ4n) is 1.72. The van der Waals surface area contributed by atoms with Crippen molar-refractivity contribution >= 4 is 11.6 Å². The van der Waals surface area contributed by atoms with Gasteiger partial charge in [-0.2, -0.15) is 0 Å². The SMILES string of the molecule is Clc1cncnc1-c1ccc2c(c1)OCCO2. The van der Waals surface area contributed by atoms with Crippen molar-refractivity contribution in [2.75, 3.05) is 13.2 Å². The van der Waals surface area contributed by atoms with Crippen LogP contribution < -0.4 is 9.47 Å². The van der Waals surface area contributed by atoms with E-state index in [2.05, 4.69) is 9.97 Å². The highest BCUT2D eigenvalue weighted by atomic mass is 35.5. The molecule has 0 unspecified atom stereocenters. The predicted molar refractivity (Wildman–Crippen MR) is 63.5 cm³/mol. The van der Waals surface area contributed by atoms with E-state index in [1.807, 2.05) is 18.2 Å². The van der Waals surface area contributed by atoms with Gasteiger partial charge in [-0.05, 0) is 18.2 Å². The molecule has 0 saturated heterocycles. The topological polar surface area (TPSA) is 44.2 Å². The molecule has 2 heterocycles. The number of fused-ring (bicyclic) bond motifs is 1. The molecule has 1 aliphatic rings. The molecule has 2 aromatic rings. The zero-order chi connectivity index (χ0) is 11.7. The third-order valence-corrected chi connectivity index (χ3v) is 2.76. The van der Waals surface area contributed by atoms with Gasteiger partial charge in [0.25, 0.3) is 0 Å². The van der Waals surface area contributed by atoms with Gasteiger partial charge in [0.2, 0.25) is 0 Å². The number of hydrogen-bond acceptors (Lipinski definition) is 4. The second-order valence-corrected chi connectivity index (χ2v) is 3.98. The second-order valence-electron chi connectivity index (χ2n) is 3.58. The molecule has 0 radical (unpaired) electrons. The maximum absolute atomic E-state index is 6.04. The van der Waals surface area contributed by atoms with Gasteiger partial charge in [-0.25, -0.2) is 9.97 Å². The standard InChI is InChI=1S/C12H9ClN2O2/c13-9-6-14-7-15-12(9)8-1-2-10-11(5-8)17-4-3-16-10/h1-2,5-7H,3-4H2. The Hall–Kier alpha value is -1.81. The van der Waals surface area contributed by atoms with Crippen LogP contribution in [0.5, 0.6) is 11.5 Å². The van der Waals surface area contributed by atoms with Crippen molar-refractivity contribution in [2.45, 2.75) is 0 Å². The van der Waals surface area contributed by atoms with E-state index in [4.69, 9.17) is 21.1 Å². The van der Waals surface area contributed by atoms with Gasteiger partial charge >= 0.3 is 0 Å². The van der Waals surface area contributed by atoms with Crippen molar-refractivity contribution in [1.29, 1.82) is 0 Å². The summed E-state index contributed by atoms with van der Waals surface area (Å²) in [6, 6.07) is 5.65. The minimum absolute atomic E-state index is 0.518. The van der Waals surface area contributed by atoms with Gasteiger partial charge in [0.15, 0.2) is 11.5 Å². The molecule has 5 heteroatoms. The van der Waals surface area contributed by atoms with Gasteiger partial charge in [0, 0.05) is 11.8 Å².